The van der Waals surface area contributed by atoms with Crippen molar-refractivity contribution in [2.75, 3.05) is 36.0 Å². The zero-order chi connectivity index (χ0) is 26.5. The molecule has 198 valence electrons. The highest BCUT2D eigenvalue weighted by Crippen LogP contribution is 2.38. The minimum absolute atomic E-state index is 0.624. The second-order valence-corrected chi connectivity index (χ2v) is 10.8. The van der Waals surface area contributed by atoms with Crippen molar-refractivity contribution < 1.29 is 8.83 Å². The van der Waals surface area contributed by atoms with Crippen molar-refractivity contribution in [2.45, 2.75) is 25.7 Å². The highest BCUT2D eigenvalue weighted by atomic mass is 16.4. The van der Waals surface area contributed by atoms with Crippen LogP contribution in [0, 0.1) is 0 Å². The number of benzene rings is 4. The fourth-order valence-corrected chi connectivity index (χ4v) is 6.15. The lowest BCUT2D eigenvalue weighted by molar-refractivity contribution is 0.616. The molecule has 0 unspecified atom stereocenters. The lowest BCUT2D eigenvalue weighted by Gasteiger charge is -2.17. The highest BCUT2D eigenvalue weighted by molar-refractivity contribution is 6.00. The third kappa shape index (κ3) is 4.02. The first kappa shape index (κ1) is 23.3. The molecule has 0 N–H and O–H groups in total. The van der Waals surface area contributed by atoms with Gasteiger partial charge >= 0.3 is 0 Å². The monoisotopic (exact) mass is 526 g/mol. The average Bonchev–Trinajstić information content (AvgIpc) is 3.83. The summed E-state index contributed by atoms with van der Waals surface area (Å²) in [5.74, 6) is 1.25. The maximum atomic E-state index is 6.42. The first-order valence-corrected chi connectivity index (χ1v) is 14.3. The number of fused-ring (bicyclic) bond motifs is 2. The molecule has 2 fully saturated rings. The number of rotatable bonds is 5. The summed E-state index contributed by atoms with van der Waals surface area (Å²) in [5.41, 5.74) is 9.52. The van der Waals surface area contributed by atoms with Gasteiger partial charge in [0.2, 0.25) is 11.8 Å². The van der Waals surface area contributed by atoms with Crippen LogP contribution in [0.3, 0.4) is 0 Å². The van der Waals surface area contributed by atoms with Crippen molar-refractivity contribution in [1.82, 2.24) is 9.97 Å². The third-order valence-electron chi connectivity index (χ3n) is 8.29. The Bertz CT molecular complexity index is 1670. The summed E-state index contributed by atoms with van der Waals surface area (Å²) in [4.78, 5) is 14.5. The zero-order valence-corrected chi connectivity index (χ0v) is 22.3. The van der Waals surface area contributed by atoms with Gasteiger partial charge in [-0.3, -0.25) is 0 Å². The summed E-state index contributed by atoms with van der Waals surface area (Å²) in [6, 6.07) is 29.3. The SMILES string of the molecule is c1cc(-c2cccc3nc(-c4ccc(N5CCCC5)cc4)oc23)c2oc(-c3ccc(N4CCCC4)cc3)nc2c1. The predicted molar refractivity (Wildman–Crippen MR) is 161 cm³/mol. The van der Waals surface area contributed by atoms with Crippen LogP contribution in [0.5, 0.6) is 0 Å². The number of nitrogens with zero attached hydrogens (tertiary/aromatic N) is 4. The number of hydrogen-bond acceptors (Lipinski definition) is 6. The molecule has 0 spiro atoms. The van der Waals surface area contributed by atoms with Crippen LogP contribution in [-0.4, -0.2) is 36.1 Å². The van der Waals surface area contributed by atoms with Crippen molar-refractivity contribution in [2.24, 2.45) is 0 Å². The zero-order valence-electron chi connectivity index (χ0n) is 22.3. The summed E-state index contributed by atoms with van der Waals surface area (Å²) < 4.78 is 12.8. The summed E-state index contributed by atoms with van der Waals surface area (Å²) in [5, 5.41) is 0. The van der Waals surface area contributed by atoms with Crippen LogP contribution in [0.4, 0.5) is 11.4 Å². The van der Waals surface area contributed by atoms with Crippen molar-refractivity contribution in [3.8, 4) is 34.0 Å². The first-order chi connectivity index (χ1) is 19.8. The van der Waals surface area contributed by atoms with Crippen LogP contribution < -0.4 is 9.80 Å². The number of para-hydroxylation sites is 2. The van der Waals surface area contributed by atoms with Gasteiger partial charge in [-0.25, -0.2) is 9.97 Å². The summed E-state index contributed by atoms with van der Waals surface area (Å²) in [6.45, 7) is 4.52. The second-order valence-electron chi connectivity index (χ2n) is 10.8. The van der Waals surface area contributed by atoms with Gasteiger partial charge in [0.05, 0.1) is 0 Å². The van der Waals surface area contributed by atoms with Crippen molar-refractivity contribution >= 4 is 33.6 Å². The topological polar surface area (TPSA) is 58.5 Å². The van der Waals surface area contributed by atoms with Gasteiger partial charge < -0.3 is 18.6 Å². The largest absolute Gasteiger partial charge is 0.435 e. The van der Waals surface area contributed by atoms with E-state index in [1.807, 2.05) is 24.3 Å². The molecule has 2 aliphatic heterocycles. The normalized spacial score (nSPS) is 15.6. The van der Waals surface area contributed by atoms with E-state index in [2.05, 4.69) is 70.5 Å². The molecular formula is C34H30N4O2. The van der Waals surface area contributed by atoms with Gasteiger partial charge in [-0.2, -0.15) is 0 Å². The molecule has 0 atom stereocenters. The molecule has 0 radical (unpaired) electrons. The Labute approximate surface area is 232 Å². The predicted octanol–water partition coefficient (Wildman–Crippen LogP) is 8.17. The number of anilines is 2. The van der Waals surface area contributed by atoms with E-state index in [0.29, 0.717) is 11.8 Å². The van der Waals surface area contributed by atoms with E-state index >= 15 is 0 Å². The van der Waals surface area contributed by atoms with Crippen molar-refractivity contribution in [3.63, 3.8) is 0 Å². The van der Waals surface area contributed by atoms with Crippen LogP contribution in [-0.2, 0) is 0 Å². The molecule has 40 heavy (non-hydrogen) atoms. The first-order valence-electron chi connectivity index (χ1n) is 14.3. The molecule has 6 aromatic rings. The number of hydrogen-bond donors (Lipinski definition) is 0. The number of aromatic nitrogens is 2. The van der Waals surface area contributed by atoms with Crippen molar-refractivity contribution in [1.29, 1.82) is 0 Å². The lowest BCUT2D eigenvalue weighted by Crippen LogP contribution is -2.17. The van der Waals surface area contributed by atoms with Gasteiger partial charge in [-0.15, -0.1) is 0 Å². The number of oxazole rings is 2. The Morgan fingerprint density at radius 2 is 0.875 bits per heavy atom. The molecule has 2 aliphatic rings. The molecule has 0 amide bonds. The summed E-state index contributed by atoms with van der Waals surface area (Å²) in [6.07, 6.45) is 5.06. The maximum Gasteiger partial charge on any atom is 0.227 e. The van der Waals surface area contributed by atoms with E-state index in [0.717, 1.165) is 70.6 Å². The smallest absolute Gasteiger partial charge is 0.227 e. The van der Waals surface area contributed by atoms with Gasteiger partial charge in [0, 0.05) is 59.8 Å². The molecule has 8 rings (SSSR count). The van der Waals surface area contributed by atoms with E-state index in [-0.39, 0.29) is 0 Å². The quantitative estimate of drug-likeness (QED) is 0.226. The summed E-state index contributed by atoms with van der Waals surface area (Å²) >= 11 is 0. The van der Waals surface area contributed by atoms with Crippen LogP contribution in [0.25, 0.3) is 56.2 Å². The molecule has 2 saturated heterocycles. The molecular weight excluding hydrogens is 496 g/mol. The highest BCUT2D eigenvalue weighted by Gasteiger charge is 2.19. The standard InChI is InChI=1S/C34H30N4O2/c1-2-20-37(19-1)25-15-11-23(12-16-25)33-35-29-9-5-7-27(31(29)39-33)28-8-6-10-30-32(28)40-34(36-30)24-13-17-26(18-14-24)38-21-3-4-22-38/h5-18H,1-4,19-22H2. The van der Waals surface area contributed by atoms with Crippen LogP contribution in [0.1, 0.15) is 25.7 Å². The Balaban J connectivity index is 1.15. The molecule has 6 nitrogen and oxygen atoms in total. The molecule has 4 heterocycles. The van der Waals surface area contributed by atoms with Gasteiger partial charge in [-0.05, 0) is 86.3 Å². The Morgan fingerprint density at radius 3 is 1.27 bits per heavy atom. The van der Waals surface area contributed by atoms with Gasteiger partial charge in [-0.1, -0.05) is 24.3 Å². The molecule has 0 saturated carbocycles. The van der Waals surface area contributed by atoms with E-state index < -0.39 is 0 Å². The van der Waals surface area contributed by atoms with E-state index in [1.54, 1.807) is 0 Å². The minimum atomic E-state index is 0.624. The van der Waals surface area contributed by atoms with Gasteiger partial charge in [0.1, 0.15) is 11.0 Å². The van der Waals surface area contributed by atoms with Crippen molar-refractivity contribution in [3.05, 3.63) is 84.9 Å². The lowest BCUT2D eigenvalue weighted by atomic mass is 10.0. The molecule has 6 heteroatoms. The van der Waals surface area contributed by atoms with E-state index in [9.17, 15) is 0 Å². The van der Waals surface area contributed by atoms with E-state index in [4.69, 9.17) is 18.8 Å². The molecule has 0 aliphatic carbocycles. The van der Waals surface area contributed by atoms with Crippen LogP contribution in [0.15, 0.2) is 93.8 Å². The fraction of sp³-hybridized carbons (Fsp3) is 0.235. The van der Waals surface area contributed by atoms with Gasteiger partial charge in [0.15, 0.2) is 11.2 Å². The maximum absolute atomic E-state index is 6.42. The Hall–Kier alpha value is -4.58. The second kappa shape index (κ2) is 9.56. The molecule has 0 bridgehead atoms. The molecule has 4 aromatic carbocycles. The van der Waals surface area contributed by atoms with Gasteiger partial charge in [0.25, 0.3) is 0 Å². The van der Waals surface area contributed by atoms with Crippen LogP contribution >= 0.6 is 0 Å². The Kier molecular flexibility index (Phi) is 5.57. The Morgan fingerprint density at radius 1 is 0.475 bits per heavy atom. The third-order valence-corrected chi connectivity index (χ3v) is 8.29. The fourth-order valence-electron chi connectivity index (χ4n) is 6.15. The molecule has 2 aromatic heterocycles. The summed E-state index contributed by atoms with van der Waals surface area (Å²) in [7, 11) is 0. The van der Waals surface area contributed by atoms with Crippen LogP contribution in [0.2, 0.25) is 0 Å². The average molecular weight is 527 g/mol. The minimum Gasteiger partial charge on any atom is -0.435 e. The van der Waals surface area contributed by atoms with E-state index in [1.165, 1.54) is 37.1 Å².